The molecule has 60 heavy (non-hydrogen) atoms. The first-order chi connectivity index (χ1) is 29.1. The molecular formula is C44H47ClFN11O3. The summed E-state index contributed by atoms with van der Waals surface area (Å²) in [7, 11) is 3.94. The van der Waals surface area contributed by atoms with E-state index >= 15 is 0 Å². The fourth-order valence-electron chi connectivity index (χ4n) is 9.69. The Balaban J connectivity index is 0.766. The molecule has 3 N–H and O–H groups in total. The van der Waals surface area contributed by atoms with Crippen LogP contribution in [-0.4, -0.2) is 101 Å². The average molecular weight is 832 g/mol. The summed E-state index contributed by atoms with van der Waals surface area (Å²) in [6.07, 6.45) is 8.43. The van der Waals surface area contributed by atoms with E-state index in [1.165, 1.54) is 30.2 Å². The number of hydrogen-bond donors (Lipinski definition) is 3. The van der Waals surface area contributed by atoms with Crippen LogP contribution in [0.2, 0.25) is 5.02 Å². The number of rotatable bonds is 10. The number of anilines is 5. The van der Waals surface area contributed by atoms with Crippen molar-refractivity contribution in [2.24, 2.45) is 5.41 Å². The summed E-state index contributed by atoms with van der Waals surface area (Å²) >= 11 is 6.52. The van der Waals surface area contributed by atoms with Gasteiger partial charge in [-0.1, -0.05) is 29.8 Å². The topological polar surface area (TPSA) is 143 Å². The van der Waals surface area contributed by atoms with E-state index < -0.39 is 24.2 Å². The molecule has 0 radical (unpaired) electrons. The number of likely N-dealkylation sites (tertiary alicyclic amines) is 1. The third-order valence-electron chi connectivity index (χ3n) is 13.2. The first-order valence-corrected chi connectivity index (χ1v) is 21.2. The highest BCUT2D eigenvalue weighted by Crippen LogP contribution is 2.46. The molecule has 2 aromatic carbocycles. The van der Waals surface area contributed by atoms with Crippen molar-refractivity contribution < 1.29 is 18.8 Å². The fraction of sp³-hybridized carbons (Fsp3) is 0.409. The zero-order chi connectivity index (χ0) is 41.3. The Morgan fingerprint density at radius 2 is 1.80 bits per heavy atom. The lowest BCUT2D eigenvalue weighted by Crippen LogP contribution is -2.58. The van der Waals surface area contributed by atoms with E-state index in [1.807, 2.05) is 37.5 Å². The minimum Gasteiger partial charge on any atom is -0.385 e. The highest BCUT2D eigenvalue weighted by atomic mass is 35.5. The summed E-state index contributed by atoms with van der Waals surface area (Å²) in [5, 5.41) is 13.7. The zero-order valence-corrected chi connectivity index (χ0v) is 34.4. The standard InChI is InChI=1S/C44H47ClFN11O3/c1-47-35-20-39(52-57-38(22-49-41(35)57)42(59)50-34-19-32(34)46)55-16-12-30-29(4-3-5-36(30)55)33-9-6-26(21-48-33)23-54-24-44(25-54)14-10-27(11-15-44)53(2)28-7-8-31(45)37(18-28)56-17-13-40(58)51-43(56)60/h3-9,18,20-22,27,32,34,47H,10-17,19,23-25H2,1-2H3,(H,50,59)(H,51,58,60)/t32-,34+/m0/s1. The second-order valence-electron chi connectivity index (χ2n) is 17.0. The van der Waals surface area contributed by atoms with Crippen LogP contribution >= 0.6 is 11.6 Å². The molecule has 2 atom stereocenters. The van der Waals surface area contributed by atoms with Gasteiger partial charge >= 0.3 is 6.03 Å². The summed E-state index contributed by atoms with van der Waals surface area (Å²) in [6.45, 7) is 4.06. The summed E-state index contributed by atoms with van der Waals surface area (Å²) in [5.41, 5.74) is 8.99. The molecule has 310 valence electrons. The average Bonchev–Trinajstić information content (AvgIpc) is 3.55. The molecule has 0 bridgehead atoms. The SMILES string of the molecule is CNc1cc(N2CCc3c(-c4ccc(CN5CC6(CCC(N(C)c7ccc(Cl)c(N8CCC(=O)NC8=O)c7)CC6)C5)cn4)cccc32)nn2c(C(=O)N[C@@H]3C[C@@H]3F)cnc12. The van der Waals surface area contributed by atoms with Crippen molar-refractivity contribution in [3.8, 4) is 11.3 Å². The molecule has 1 spiro atoms. The lowest BCUT2D eigenvalue weighted by atomic mass is 9.67. The molecule has 0 unspecified atom stereocenters. The summed E-state index contributed by atoms with van der Waals surface area (Å²) in [4.78, 5) is 55.2. The Bertz CT molecular complexity index is 2510. The second kappa shape index (κ2) is 15.0. The molecule has 4 amide bonds. The number of fused-ring (bicyclic) bond motifs is 2. The van der Waals surface area contributed by atoms with E-state index in [-0.39, 0.29) is 18.0 Å². The van der Waals surface area contributed by atoms with E-state index in [2.05, 4.69) is 73.0 Å². The van der Waals surface area contributed by atoms with Gasteiger partial charge in [0.2, 0.25) is 5.91 Å². The summed E-state index contributed by atoms with van der Waals surface area (Å²) in [5.74, 6) is 0.0262. The lowest BCUT2D eigenvalue weighted by Gasteiger charge is -2.54. The summed E-state index contributed by atoms with van der Waals surface area (Å²) in [6, 6.07) is 17.9. The molecule has 16 heteroatoms. The number of amides is 4. The Morgan fingerprint density at radius 1 is 1.00 bits per heavy atom. The number of urea groups is 1. The lowest BCUT2D eigenvalue weighted by molar-refractivity contribution is -0.120. The van der Waals surface area contributed by atoms with E-state index in [0.29, 0.717) is 53.1 Å². The molecule has 5 aliphatic rings. The second-order valence-corrected chi connectivity index (χ2v) is 17.4. The molecule has 4 fully saturated rings. The van der Waals surface area contributed by atoms with Crippen molar-refractivity contribution in [2.45, 2.75) is 69.7 Å². The van der Waals surface area contributed by atoms with Gasteiger partial charge in [0, 0.05) is 94.9 Å². The molecule has 14 nitrogen and oxygen atoms in total. The van der Waals surface area contributed by atoms with Gasteiger partial charge in [-0.25, -0.2) is 18.7 Å². The number of alkyl halides is 1. The van der Waals surface area contributed by atoms with Gasteiger partial charge in [-0.05, 0) is 79.0 Å². The van der Waals surface area contributed by atoms with E-state index in [1.54, 1.807) is 9.42 Å². The highest BCUT2D eigenvalue weighted by Gasteiger charge is 2.45. The van der Waals surface area contributed by atoms with E-state index in [4.69, 9.17) is 21.7 Å². The molecular weight excluding hydrogens is 785 g/mol. The zero-order valence-electron chi connectivity index (χ0n) is 33.6. The largest absolute Gasteiger partial charge is 0.385 e. The minimum absolute atomic E-state index is 0.253. The van der Waals surface area contributed by atoms with Gasteiger partial charge in [0.1, 0.15) is 6.17 Å². The molecule has 3 aliphatic heterocycles. The van der Waals surface area contributed by atoms with Gasteiger partial charge in [-0.3, -0.25) is 29.7 Å². The number of carbonyl (C=O) groups is 3. The van der Waals surface area contributed by atoms with Crippen LogP contribution in [-0.2, 0) is 17.8 Å². The van der Waals surface area contributed by atoms with Crippen molar-refractivity contribution in [3.05, 3.63) is 88.8 Å². The first-order valence-electron chi connectivity index (χ1n) is 20.8. The molecule has 2 saturated carbocycles. The quantitative estimate of drug-likeness (QED) is 0.146. The molecule has 3 aromatic heterocycles. The van der Waals surface area contributed by atoms with Crippen molar-refractivity contribution in [1.29, 1.82) is 0 Å². The van der Waals surface area contributed by atoms with Crippen LogP contribution < -0.4 is 30.7 Å². The third kappa shape index (κ3) is 6.96. The number of pyridine rings is 1. The van der Waals surface area contributed by atoms with Crippen LogP contribution in [0.25, 0.3) is 16.9 Å². The number of imide groups is 1. The van der Waals surface area contributed by atoms with Crippen molar-refractivity contribution in [1.82, 2.24) is 35.1 Å². The van der Waals surface area contributed by atoms with Gasteiger partial charge < -0.3 is 20.4 Å². The van der Waals surface area contributed by atoms with Gasteiger partial charge in [0.15, 0.2) is 17.2 Å². The Morgan fingerprint density at radius 3 is 2.53 bits per heavy atom. The Labute approximate surface area is 352 Å². The van der Waals surface area contributed by atoms with Crippen LogP contribution in [0.5, 0.6) is 0 Å². The maximum atomic E-state index is 13.6. The number of hydrogen-bond acceptors (Lipinski definition) is 10. The third-order valence-corrected chi connectivity index (χ3v) is 13.5. The van der Waals surface area contributed by atoms with Crippen molar-refractivity contribution in [3.63, 3.8) is 0 Å². The maximum Gasteiger partial charge on any atom is 0.328 e. The van der Waals surface area contributed by atoms with E-state index in [0.717, 1.165) is 67.2 Å². The first kappa shape index (κ1) is 38.4. The predicted octanol–water partition coefficient (Wildman–Crippen LogP) is 6.35. The van der Waals surface area contributed by atoms with Gasteiger partial charge in [-0.2, -0.15) is 0 Å². The van der Waals surface area contributed by atoms with Crippen LogP contribution in [0.15, 0.2) is 67.0 Å². The smallest absolute Gasteiger partial charge is 0.328 e. The van der Waals surface area contributed by atoms with Crippen molar-refractivity contribution >= 4 is 63.7 Å². The van der Waals surface area contributed by atoms with Crippen LogP contribution in [0.1, 0.15) is 60.1 Å². The number of aromatic nitrogens is 4. The minimum atomic E-state index is -1.00. The Kier molecular flexibility index (Phi) is 9.62. The van der Waals surface area contributed by atoms with Gasteiger partial charge in [0.25, 0.3) is 5.91 Å². The molecule has 10 rings (SSSR count). The Hall–Kier alpha value is -5.80. The molecule has 5 aromatic rings. The number of halogens is 2. The van der Waals surface area contributed by atoms with Gasteiger partial charge in [-0.15, -0.1) is 5.10 Å². The van der Waals surface area contributed by atoms with Crippen LogP contribution in [0.4, 0.5) is 37.8 Å². The monoisotopic (exact) mass is 831 g/mol. The maximum absolute atomic E-state index is 13.6. The number of nitrogens with one attached hydrogen (secondary N) is 3. The van der Waals surface area contributed by atoms with Crippen LogP contribution in [0, 0.1) is 5.41 Å². The number of nitrogens with zero attached hydrogens (tertiary/aromatic N) is 8. The number of carbonyl (C=O) groups excluding carboxylic acids is 3. The summed E-state index contributed by atoms with van der Waals surface area (Å²) < 4.78 is 15.1. The van der Waals surface area contributed by atoms with E-state index in [9.17, 15) is 18.8 Å². The predicted molar refractivity (Wildman–Crippen MR) is 229 cm³/mol. The highest BCUT2D eigenvalue weighted by molar-refractivity contribution is 6.34. The number of imidazole rings is 1. The molecule has 2 saturated heterocycles. The van der Waals surface area contributed by atoms with Crippen molar-refractivity contribution in [2.75, 3.05) is 60.3 Å². The van der Waals surface area contributed by atoms with Crippen LogP contribution in [0.3, 0.4) is 0 Å². The molecule has 6 heterocycles. The fourth-order valence-corrected chi connectivity index (χ4v) is 9.91. The molecule has 2 aliphatic carbocycles. The normalized spacial score (nSPS) is 21.2. The van der Waals surface area contributed by atoms with Gasteiger partial charge in [0.05, 0.1) is 34.3 Å². The number of benzene rings is 2.